The molecule has 7 heteroatoms. The van der Waals surface area contributed by atoms with Crippen LogP contribution in [0.1, 0.15) is 12.0 Å². The number of rotatable bonds is 4. The van der Waals surface area contributed by atoms with Crippen molar-refractivity contribution < 1.29 is 9.72 Å². The van der Waals surface area contributed by atoms with Crippen molar-refractivity contribution in [2.75, 3.05) is 25.0 Å². The molecule has 6 nitrogen and oxygen atoms in total. The quantitative estimate of drug-likeness (QED) is 0.672. The van der Waals surface area contributed by atoms with Gasteiger partial charge in [-0.25, -0.2) is 0 Å². The van der Waals surface area contributed by atoms with Gasteiger partial charge >= 0.3 is 0 Å². The molecule has 1 heterocycles. The molecule has 19 heavy (non-hydrogen) atoms. The lowest BCUT2D eigenvalue weighted by molar-refractivity contribution is -0.384. The summed E-state index contributed by atoms with van der Waals surface area (Å²) in [4.78, 5) is 23.9. The van der Waals surface area contributed by atoms with Crippen LogP contribution in [0, 0.1) is 10.1 Å². The van der Waals surface area contributed by atoms with E-state index in [-0.39, 0.29) is 24.0 Å². The summed E-state index contributed by atoms with van der Waals surface area (Å²) >= 11 is 0. The van der Waals surface area contributed by atoms with Crippen molar-refractivity contribution in [3.8, 4) is 0 Å². The molecule has 1 aromatic rings. The highest BCUT2D eigenvalue weighted by atomic mass is 35.5. The summed E-state index contributed by atoms with van der Waals surface area (Å²) in [5, 5.41) is 13.7. The first-order chi connectivity index (χ1) is 8.63. The third-order valence-electron chi connectivity index (χ3n) is 3.07. The van der Waals surface area contributed by atoms with E-state index in [9.17, 15) is 14.9 Å². The number of nitro groups is 1. The zero-order chi connectivity index (χ0) is 13.1. The number of nitrogens with one attached hydrogen (secondary N) is 1. The van der Waals surface area contributed by atoms with Crippen LogP contribution in [0.4, 0.5) is 11.4 Å². The number of amides is 1. The van der Waals surface area contributed by atoms with Crippen LogP contribution < -0.4 is 10.2 Å². The summed E-state index contributed by atoms with van der Waals surface area (Å²) in [6.07, 6.45) is 1.16. The predicted octanol–water partition coefficient (Wildman–Crippen LogP) is 1.52. The Hall–Kier alpha value is -1.66. The van der Waals surface area contributed by atoms with Gasteiger partial charge in [0, 0.05) is 31.6 Å². The maximum atomic E-state index is 12.0. The number of nitro benzene ring substituents is 1. The number of hydrogen-bond donors (Lipinski definition) is 1. The number of carbonyl (C=O) groups is 1. The van der Waals surface area contributed by atoms with E-state index in [1.54, 1.807) is 18.0 Å². The fraction of sp³-hybridized carbons (Fsp3) is 0.417. The van der Waals surface area contributed by atoms with Crippen LogP contribution >= 0.6 is 12.4 Å². The molecule has 1 N–H and O–H groups in total. The van der Waals surface area contributed by atoms with Gasteiger partial charge in [-0.1, -0.05) is 6.07 Å². The number of nitrogens with zero attached hydrogens (tertiary/aromatic N) is 2. The van der Waals surface area contributed by atoms with Crippen LogP contribution in [0.2, 0.25) is 0 Å². The van der Waals surface area contributed by atoms with E-state index in [4.69, 9.17) is 0 Å². The Morgan fingerprint density at radius 2 is 2.26 bits per heavy atom. The highest BCUT2D eigenvalue weighted by Crippen LogP contribution is 2.31. The monoisotopic (exact) mass is 285 g/mol. The van der Waals surface area contributed by atoms with E-state index in [2.05, 4.69) is 5.32 Å². The van der Waals surface area contributed by atoms with Gasteiger partial charge in [-0.3, -0.25) is 14.9 Å². The van der Waals surface area contributed by atoms with Gasteiger partial charge in [0.2, 0.25) is 5.91 Å². The summed E-state index contributed by atoms with van der Waals surface area (Å²) in [5.74, 6) is 0.00333. The fourth-order valence-corrected chi connectivity index (χ4v) is 2.11. The fourth-order valence-electron chi connectivity index (χ4n) is 2.11. The van der Waals surface area contributed by atoms with Gasteiger partial charge in [0.1, 0.15) is 0 Å². The first-order valence-corrected chi connectivity index (χ1v) is 5.86. The van der Waals surface area contributed by atoms with Crippen LogP contribution in [-0.4, -0.2) is 31.0 Å². The van der Waals surface area contributed by atoms with Crippen LogP contribution in [0.5, 0.6) is 0 Å². The molecule has 0 atom stereocenters. The van der Waals surface area contributed by atoms with Crippen molar-refractivity contribution in [2.24, 2.45) is 0 Å². The zero-order valence-corrected chi connectivity index (χ0v) is 11.4. The Kier molecular flexibility index (Phi) is 5.26. The van der Waals surface area contributed by atoms with Crippen LogP contribution in [-0.2, 0) is 11.2 Å². The van der Waals surface area contributed by atoms with Gasteiger partial charge in [-0.15, -0.1) is 12.4 Å². The predicted molar refractivity (Wildman–Crippen MR) is 74.9 cm³/mol. The maximum Gasteiger partial charge on any atom is 0.271 e. The zero-order valence-electron chi connectivity index (χ0n) is 10.6. The molecule has 2 rings (SSSR count). The van der Waals surface area contributed by atoms with Crippen LogP contribution in [0.3, 0.4) is 0 Å². The number of anilines is 1. The highest BCUT2D eigenvalue weighted by Gasteiger charge is 2.26. The molecule has 0 aromatic heterocycles. The van der Waals surface area contributed by atoms with Crippen molar-refractivity contribution in [3.63, 3.8) is 0 Å². The van der Waals surface area contributed by atoms with Crippen molar-refractivity contribution in [1.29, 1.82) is 0 Å². The molecule has 0 saturated carbocycles. The molecule has 1 aliphatic heterocycles. The van der Waals surface area contributed by atoms with Gasteiger partial charge < -0.3 is 10.2 Å². The molecule has 104 valence electrons. The topological polar surface area (TPSA) is 75.5 Å². The molecule has 0 radical (unpaired) electrons. The van der Waals surface area contributed by atoms with E-state index < -0.39 is 4.92 Å². The summed E-state index contributed by atoms with van der Waals surface area (Å²) in [5.41, 5.74) is 1.71. The Labute approximate surface area is 117 Å². The van der Waals surface area contributed by atoms with Gasteiger partial charge in [-0.05, 0) is 19.0 Å². The minimum Gasteiger partial charge on any atom is -0.319 e. The molecule has 0 fully saturated rings. The number of carbonyl (C=O) groups excluding carboxylic acids is 1. The largest absolute Gasteiger partial charge is 0.319 e. The minimum atomic E-state index is -0.436. The third kappa shape index (κ3) is 3.21. The first kappa shape index (κ1) is 15.4. The van der Waals surface area contributed by atoms with Gasteiger partial charge in [0.05, 0.1) is 10.6 Å². The SMILES string of the molecule is CNCCC(=O)N1CCc2ccc([N+](=O)[O-])cc21.Cl. The maximum absolute atomic E-state index is 12.0. The first-order valence-electron chi connectivity index (χ1n) is 5.86. The molecule has 1 aromatic carbocycles. The highest BCUT2D eigenvalue weighted by molar-refractivity contribution is 5.96. The van der Waals surface area contributed by atoms with Crippen molar-refractivity contribution in [3.05, 3.63) is 33.9 Å². The molecule has 0 aliphatic carbocycles. The molecule has 0 saturated heterocycles. The molecular weight excluding hydrogens is 270 g/mol. The molecule has 0 spiro atoms. The molecular formula is C12H16ClN3O3. The number of hydrogen-bond acceptors (Lipinski definition) is 4. The van der Waals surface area contributed by atoms with E-state index in [1.165, 1.54) is 12.1 Å². The lowest BCUT2D eigenvalue weighted by Crippen LogP contribution is -2.31. The normalized spacial score (nSPS) is 12.8. The summed E-state index contributed by atoms with van der Waals surface area (Å²) in [7, 11) is 1.79. The lowest BCUT2D eigenvalue weighted by atomic mass is 10.1. The number of benzene rings is 1. The van der Waals surface area contributed by atoms with E-state index >= 15 is 0 Å². The summed E-state index contributed by atoms with van der Waals surface area (Å²) in [6, 6.07) is 4.71. The van der Waals surface area contributed by atoms with Gasteiger partial charge in [0.25, 0.3) is 5.69 Å². The molecule has 1 amide bonds. The summed E-state index contributed by atoms with van der Waals surface area (Å²) < 4.78 is 0. The van der Waals surface area contributed by atoms with E-state index in [0.29, 0.717) is 25.2 Å². The van der Waals surface area contributed by atoms with Crippen molar-refractivity contribution in [2.45, 2.75) is 12.8 Å². The van der Waals surface area contributed by atoms with Gasteiger partial charge in [0.15, 0.2) is 0 Å². The van der Waals surface area contributed by atoms with Gasteiger partial charge in [-0.2, -0.15) is 0 Å². The Morgan fingerprint density at radius 1 is 1.53 bits per heavy atom. The smallest absolute Gasteiger partial charge is 0.271 e. The number of fused-ring (bicyclic) bond motifs is 1. The standard InChI is InChI=1S/C12H15N3O3.ClH/c1-13-6-4-12(16)14-7-5-9-2-3-10(15(17)18)8-11(9)14;/h2-3,8,13H,4-7H2,1H3;1H. The molecule has 0 bridgehead atoms. The van der Waals surface area contributed by atoms with Crippen molar-refractivity contribution >= 4 is 29.7 Å². The number of halogens is 1. The minimum absolute atomic E-state index is 0. The third-order valence-corrected chi connectivity index (χ3v) is 3.07. The van der Waals surface area contributed by atoms with E-state index in [0.717, 1.165) is 12.0 Å². The Balaban J connectivity index is 0.00000180. The second-order valence-corrected chi connectivity index (χ2v) is 4.22. The molecule has 1 aliphatic rings. The number of non-ortho nitro benzene ring substituents is 1. The average Bonchev–Trinajstić information content (AvgIpc) is 2.78. The van der Waals surface area contributed by atoms with E-state index in [1.807, 2.05) is 0 Å². The molecule has 0 unspecified atom stereocenters. The second-order valence-electron chi connectivity index (χ2n) is 4.22. The Bertz CT molecular complexity index is 493. The van der Waals surface area contributed by atoms with Crippen LogP contribution in [0.15, 0.2) is 18.2 Å². The lowest BCUT2D eigenvalue weighted by Gasteiger charge is -2.16. The van der Waals surface area contributed by atoms with Crippen molar-refractivity contribution in [1.82, 2.24) is 5.32 Å². The van der Waals surface area contributed by atoms with Crippen LogP contribution in [0.25, 0.3) is 0 Å². The second kappa shape index (κ2) is 6.49. The summed E-state index contributed by atoms with van der Waals surface area (Å²) in [6.45, 7) is 1.22. The Morgan fingerprint density at radius 3 is 2.89 bits per heavy atom. The average molecular weight is 286 g/mol.